The van der Waals surface area contributed by atoms with Crippen LogP contribution in [0.15, 0.2) is 48.5 Å². The Hall–Kier alpha value is -2.40. The number of carbonyl (C=O) groups excluding carboxylic acids is 1. The molecule has 4 nitrogen and oxygen atoms in total. The summed E-state index contributed by atoms with van der Waals surface area (Å²) < 4.78 is 13.6. The third-order valence-corrected chi connectivity index (χ3v) is 4.00. The maximum absolute atomic E-state index is 13.6. The summed E-state index contributed by atoms with van der Waals surface area (Å²) in [5.41, 5.74) is 2.44. The third kappa shape index (κ3) is 6.19. The van der Waals surface area contributed by atoms with Gasteiger partial charge in [0.1, 0.15) is 5.82 Å². The Morgan fingerprint density at radius 1 is 1.04 bits per heavy atom. The van der Waals surface area contributed by atoms with Crippen molar-refractivity contribution in [1.82, 2.24) is 15.1 Å². The Morgan fingerprint density at radius 3 is 2.40 bits per heavy atom. The van der Waals surface area contributed by atoms with E-state index in [2.05, 4.69) is 5.32 Å². The zero-order valence-corrected chi connectivity index (χ0v) is 15.1. The van der Waals surface area contributed by atoms with E-state index in [1.54, 1.807) is 17.9 Å². The van der Waals surface area contributed by atoms with Crippen LogP contribution in [0.25, 0.3) is 0 Å². The SMILES string of the molecule is Cc1ccc(CNC(=O)N(CCN(C)C)Cc2ccccc2)cc1F. The highest BCUT2D eigenvalue weighted by molar-refractivity contribution is 5.74. The smallest absolute Gasteiger partial charge is 0.318 e. The molecule has 0 atom stereocenters. The quantitative estimate of drug-likeness (QED) is 0.836. The number of nitrogens with one attached hydrogen (secondary N) is 1. The second-order valence-electron chi connectivity index (χ2n) is 6.45. The van der Waals surface area contributed by atoms with Crippen LogP contribution in [-0.2, 0) is 13.1 Å². The lowest BCUT2D eigenvalue weighted by Crippen LogP contribution is -2.42. The molecule has 0 radical (unpaired) electrons. The highest BCUT2D eigenvalue weighted by Gasteiger charge is 2.14. The molecular formula is C20H26FN3O. The van der Waals surface area contributed by atoms with Gasteiger partial charge in [0.25, 0.3) is 0 Å². The number of urea groups is 1. The summed E-state index contributed by atoms with van der Waals surface area (Å²) in [7, 11) is 3.96. The fourth-order valence-corrected chi connectivity index (χ4v) is 2.41. The fourth-order valence-electron chi connectivity index (χ4n) is 2.41. The summed E-state index contributed by atoms with van der Waals surface area (Å²) in [6.45, 7) is 3.97. The Balaban J connectivity index is 1.99. The molecule has 0 saturated carbocycles. The van der Waals surface area contributed by atoms with Gasteiger partial charge in [-0.05, 0) is 43.8 Å². The molecule has 2 amide bonds. The van der Waals surface area contributed by atoms with Crippen LogP contribution in [0.2, 0.25) is 0 Å². The summed E-state index contributed by atoms with van der Waals surface area (Å²) in [4.78, 5) is 16.4. The molecule has 0 aliphatic heterocycles. The standard InChI is InChI=1S/C20H26FN3O/c1-16-9-10-18(13-19(16)21)14-22-20(25)24(12-11-23(2)3)15-17-7-5-4-6-8-17/h4-10,13H,11-12,14-15H2,1-3H3,(H,22,25). The lowest BCUT2D eigenvalue weighted by molar-refractivity contribution is 0.188. The van der Waals surface area contributed by atoms with Gasteiger partial charge in [0.05, 0.1) is 0 Å². The van der Waals surface area contributed by atoms with Crippen molar-refractivity contribution in [2.24, 2.45) is 0 Å². The van der Waals surface area contributed by atoms with Crippen molar-refractivity contribution in [2.75, 3.05) is 27.2 Å². The molecule has 0 unspecified atom stereocenters. The van der Waals surface area contributed by atoms with E-state index in [1.165, 1.54) is 6.07 Å². The van der Waals surface area contributed by atoms with E-state index in [0.29, 0.717) is 25.2 Å². The minimum absolute atomic E-state index is 0.147. The van der Waals surface area contributed by atoms with Crippen molar-refractivity contribution in [2.45, 2.75) is 20.0 Å². The number of carbonyl (C=O) groups is 1. The molecule has 0 fully saturated rings. The first-order valence-corrected chi connectivity index (χ1v) is 8.42. The van der Waals surface area contributed by atoms with Gasteiger partial charge < -0.3 is 15.1 Å². The molecule has 0 saturated heterocycles. The number of nitrogens with zero attached hydrogens (tertiary/aromatic N) is 2. The molecule has 2 aromatic rings. The Morgan fingerprint density at radius 2 is 1.76 bits per heavy atom. The lowest BCUT2D eigenvalue weighted by Gasteiger charge is -2.25. The Labute approximate surface area is 149 Å². The molecule has 0 aromatic heterocycles. The summed E-state index contributed by atoms with van der Waals surface area (Å²) in [6, 6.07) is 14.8. The second kappa shape index (κ2) is 9.18. The summed E-state index contributed by atoms with van der Waals surface area (Å²) in [5.74, 6) is -0.250. The number of hydrogen-bond donors (Lipinski definition) is 1. The van der Waals surface area contributed by atoms with Gasteiger partial charge >= 0.3 is 6.03 Å². The number of likely N-dealkylation sites (N-methyl/N-ethyl adjacent to an activating group) is 1. The molecule has 0 heterocycles. The maximum atomic E-state index is 13.6. The van der Waals surface area contributed by atoms with E-state index in [9.17, 15) is 9.18 Å². The van der Waals surface area contributed by atoms with Crippen LogP contribution in [0.5, 0.6) is 0 Å². The Kier molecular flexibility index (Phi) is 6.95. The van der Waals surface area contributed by atoms with Crippen LogP contribution in [0, 0.1) is 12.7 Å². The molecule has 0 bridgehead atoms. The maximum Gasteiger partial charge on any atom is 0.318 e. The number of hydrogen-bond acceptors (Lipinski definition) is 2. The number of benzene rings is 2. The van der Waals surface area contributed by atoms with Crippen LogP contribution in [-0.4, -0.2) is 43.0 Å². The molecule has 5 heteroatoms. The number of aryl methyl sites for hydroxylation is 1. The molecule has 134 valence electrons. The van der Waals surface area contributed by atoms with Crippen LogP contribution >= 0.6 is 0 Å². The van der Waals surface area contributed by atoms with Crippen molar-refractivity contribution >= 4 is 6.03 Å². The van der Waals surface area contributed by atoms with E-state index < -0.39 is 0 Å². The van der Waals surface area contributed by atoms with Gasteiger partial charge in [-0.25, -0.2) is 9.18 Å². The van der Waals surface area contributed by atoms with Crippen molar-refractivity contribution in [3.8, 4) is 0 Å². The zero-order chi connectivity index (χ0) is 18.2. The summed E-state index contributed by atoms with van der Waals surface area (Å²) in [6.07, 6.45) is 0. The van der Waals surface area contributed by atoms with Gasteiger partial charge in [-0.15, -0.1) is 0 Å². The first-order chi connectivity index (χ1) is 12.0. The number of rotatable bonds is 7. The minimum Gasteiger partial charge on any atom is -0.334 e. The van der Waals surface area contributed by atoms with Gasteiger partial charge in [0.15, 0.2) is 0 Å². The first-order valence-electron chi connectivity index (χ1n) is 8.42. The summed E-state index contributed by atoms with van der Waals surface area (Å²) in [5, 5.41) is 2.89. The molecule has 0 spiro atoms. The van der Waals surface area contributed by atoms with E-state index in [1.807, 2.05) is 55.4 Å². The van der Waals surface area contributed by atoms with Gasteiger partial charge in [0, 0.05) is 26.2 Å². The molecule has 0 aliphatic rings. The molecule has 25 heavy (non-hydrogen) atoms. The third-order valence-electron chi connectivity index (χ3n) is 4.00. The van der Waals surface area contributed by atoms with Crippen LogP contribution in [0.3, 0.4) is 0 Å². The molecular weight excluding hydrogens is 317 g/mol. The largest absolute Gasteiger partial charge is 0.334 e. The average molecular weight is 343 g/mol. The van der Waals surface area contributed by atoms with Crippen LogP contribution in [0.4, 0.5) is 9.18 Å². The topological polar surface area (TPSA) is 35.6 Å². The van der Waals surface area contributed by atoms with E-state index >= 15 is 0 Å². The highest BCUT2D eigenvalue weighted by Crippen LogP contribution is 2.10. The van der Waals surface area contributed by atoms with E-state index in [4.69, 9.17) is 0 Å². The van der Waals surface area contributed by atoms with Gasteiger partial charge in [-0.3, -0.25) is 0 Å². The van der Waals surface area contributed by atoms with Crippen molar-refractivity contribution in [3.63, 3.8) is 0 Å². The summed E-state index contributed by atoms with van der Waals surface area (Å²) >= 11 is 0. The normalized spacial score (nSPS) is 10.8. The zero-order valence-electron chi connectivity index (χ0n) is 15.1. The Bertz CT molecular complexity index is 689. The van der Waals surface area contributed by atoms with Crippen LogP contribution in [0.1, 0.15) is 16.7 Å². The van der Waals surface area contributed by atoms with Gasteiger partial charge in [-0.1, -0.05) is 42.5 Å². The number of amides is 2. The van der Waals surface area contributed by atoms with Gasteiger partial charge in [-0.2, -0.15) is 0 Å². The van der Waals surface area contributed by atoms with Crippen molar-refractivity contribution in [1.29, 1.82) is 0 Å². The molecule has 1 N–H and O–H groups in total. The molecule has 0 aliphatic carbocycles. The van der Waals surface area contributed by atoms with E-state index in [0.717, 1.165) is 17.7 Å². The first kappa shape index (κ1) is 18.9. The molecule has 2 rings (SSSR count). The second-order valence-corrected chi connectivity index (χ2v) is 6.45. The van der Waals surface area contributed by atoms with E-state index in [-0.39, 0.29) is 11.8 Å². The number of halogens is 1. The molecule has 2 aromatic carbocycles. The highest BCUT2D eigenvalue weighted by atomic mass is 19.1. The predicted molar refractivity (Wildman–Crippen MR) is 98.8 cm³/mol. The van der Waals surface area contributed by atoms with Crippen molar-refractivity contribution < 1.29 is 9.18 Å². The monoisotopic (exact) mass is 343 g/mol. The van der Waals surface area contributed by atoms with Gasteiger partial charge in [0.2, 0.25) is 0 Å². The fraction of sp³-hybridized carbons (Fsp3) is 0.350. The van der Waals surface area contributed by atoms with Crippen molar-refractivity contribution in [3.05, 3.63) is 71.0 Å². The van der Waals surface area contributed by atoms with Crippen LogP contribution < -0.4 is 5.32 Å². The minimum atomic E-state index is -0.250. The lowest BCUT2D eigenvalue weighted by atomic mass is 10.1. The predicted octanol–water partition coefficient (Wildman–Crippen LogP) is 3.41. The average Bonchev–Trinajstić information content (AvgIpc) is 2.60.